The maximum absolute atomic E-state index is 6.88. The van der Waals surface area contributed by atoms with E-state index in [-0.39, 0.29) is 11.5 Å². The van der Waals surface area contributed by atoms with Gasteiger partial charge < -0.3 is 23.7 Å². The van der Waals surface area contributed by atoms with Crippen molar-refractivity contribution in [1.82, 2.24) is 0 Å². The summed E-state index contributed by atoms with van der Waals surface area (Å²) in [5.41, 5.74) is 4.01. The zero-order valence-corrected chi connectivity index (χ0v) is 26.8. The molecule has 0 bridgehead atoms. The molecule has 1 saturated heterocycles. The second-order valence-corrected chi connectivity index (χ2v) is 13.4. The van der Waals surface area contributed by atoms with Crippen LogP contribution in [0.2, 0.25) is 0 Å². The van der Waals surface area contributed by atoms with Crippen LogP contribution in [0.4, 0.5) is 0 Å². The quantitative estimate of drug-likeness (QED) is 0.141. The Labute approximate surface area is 274 Å². The first-order valence-electron chi connectivity index (χ1n) is 15.4. The van der Waals surface area contributed by atoms with E-state index >= 15 is 0 Å². The number of ether oxygens (including phenoxy) is 5. The number of hydrogen-bond donors (Lipinski definition) is 0. The molecule has 6 rings (SSSR count). The smallest absolute Gasteiger partial charge is 0.139 e. The van der Waals surface area contributed by atoms with Crippen molar-refractivity contribution < 1.29 is 23.7 Å². The minimum Gasteiger partial charge on any atom is -0.374 e. The van der Waals surface area contributed by atoms with Crippen molar-refractivity contribution in [2.75, 3.05) is 18.9 Å². The Kier molecular flexibility index (Phi) is 12.2. The van der Waals surface area contributed by atoms with Crippen LogP contribution in [-0.4, -0.2) is 53.1 Å². The molecule has 0 N–H and O–H groups in total. The summed E-state index contributed by atoms with van der Waals surface area (Å²) < 4.78 is 34.5. The van der Waals surface area contributed by atoms with E-state index in [9.17, 15) is 0 Å². The van der Waals surface area contributed by atoms with Crippen molar-refractivity contribution in [2.24, 2.45) is 4.99 Å². The van der Waals surface area contributed by atoms with Crippen molar-refractivity contribution in [3.05, 3.63) is 144 Å². The van der Waals surface area contributed by atoms with Gasteiger partial charge in [0.25, 0.3) is 0 Å². The van der Waals surface area contributed by atoms with Gasteiger partial charge in [-0.25, -0.2) is 0 Å². The van der Waals surface area contributed by atoms with Crippen LogP contribution in [0.3, 0.4) is 0 Å². The van der Waals surface area contributed by atoms with Crippen molar-refractivity contribution in [1.29, 1.82) is 0 Å². The van der Waals surface area contributed by atoms with Gasteiger partial charge in [0.15, 0.2) is 0 Å². The average Bonchev–Trinajstić information content (AvgIpc) is 3.61. The molecule has 1 fully saturated rings. The number of benzene rings is 4. The zero-order valence-electron chi connectivity index (χ0n) is 25.2. The predicted octanol–water partition coefficient (Wildman–Crippen LogP) is 7.52. The van der Waals surface area contributed by atoms with E-state index in [2.05, 4.69) is 48.5 Å². The van der Waals surface area contributed by atoms with E-state index in [1.165, 1.54) is 0 Å². The third kappa shape index (κ3) is 9.53. The lowest BCUT2D eigenvalue weighted by Gasteiger charge is -2.46. The molecule has 5 unspecified atom stereocenters. The highest BCUT2D eigenvalue weighted by molar-refractivity contribution is 8.39. The van der Waals surface area contributed by atoms with E-state index in [1.807, 2.05) is 72.8 Å². The topological polar surface area (TPSA) is 58.5 Å². The van der Waals surface area contributed by atoms with E-state index in [0.717, 1.165) is 38.9 Å². The lowest BCUT2D eigenvalue weighted by molar-refractivity contribution is -0.254. The molecule has 0 spiro atoms. The molecule has 4 aromatic carbocycles. The maximum atomic E-state index is 6.88. The Hall–Kier alpha value is -2.95. The van der Waals surface area contributed by atoms with Gasteiger partial charge in [-0.05, 0) is 22.3 Å². The zero-order chi connectivity index (χ0) is 30.5. The van der Waals surface area contributed by atoms with Gasteiger partial charge in [0.2, 0.25) is 0 Å². The molecule has 0 aromatic heterocycles. The Morgan fingerprint density at radius 2 is 1.07 bits per heavy atom. The molecule has 0 aliphatic carbocycles. The van der Waals surface area contributed by atoms with Crippen LogP contribution in [0.1, 0.15) is 22.3 Å². The van der Waals surface area contributed by atoms with Crippen molar-refractivity contribution in [3.63, 3.8) is 0 Å². The Morgan fingerprint density at radius 1 is 0.600 bits per heavy atom. The average molecular weight is 642 g/mol. The number of aliphatic imine (C=N–C) groups is 1. The summed E-state index contributed by atoms with van der Waals surface area (Å²) in [6, 6.07) is 40.9. The van der Waals surface area contributed by atoms with Crippen molar-refractivity contribution in [3.8, 4) is 0 Å². The first-order chi connectivity index (χ1) is 22.3. The summed E-state index contributed by atoms with van der Waals surface area (Å²) >= 11 is 3.38. The molecular weight excluding hydrogens is 603 g/mol. The Morgan fingerprint density at radius 3 is 1.56 bits per heavy atom. The van der Waals surface area contributed by atoms with Crippen LogP contribution >= 0.6 is 23.5 Å². The van der Waals surface area contributed by atoms with Gasteiger partial charge in [-0.3, -0.25) is 4.99 Å². The van der Waals surface area contributed by atoms with Gasteiger partial charge in [-0.2, -0.15) is 0 Å². The lowest BCUT2D eigenvalue weighted by Crippen LogP contribution is -2.60. The standard InChI is InChI=1S/C37H39NO5S2/c1-5-13-28(14-6-1)23-39-27-32-33(40-24-29-15-7-2-8-16-29)34(41-25-30-17-9-3-10-18-30)35(42-26-31-19-11-4-12-20-31)36(43-32)45-37-38-21-22-44-37/h1-20,32-36H,21-27H2. The summed E-state index contributed by atoms with van der Waals surface area (Å²) in [6.07, 6.45) is -1.69. The molecule has 8 heteroatoms. The van der Waals surface area contributed by atoms with Gasteiger partial charge >= 0.3 is 0 Å². The maximum Gasteiger partial charge on any atom is 0.139 e. The summed E-state index contributed by atoms with van der Waals surface area (Å²) in [5, 5.41) is 0. The molecule has 0 saturated carbocycles. The fourth-order valence-corrected chi connectivity index (χ4v) is 7.60. The first-order valence-corrected chi connectivity index (χ1v) is 17.3. The molecule has 2 aliphatic heterocycles. The number of hydrogen-bond acceptors (Lipinski definition) is 8. The number of thioether (sulfide) groups is 2. The monoisotopic (exact) mass is 641 g/mol. The van der Waals surface area contributed by atoms with Gasteiger partial charge in [-0.1, -0.05) is 145 Å². The fraction of sp³-hybridized carbons (Fsp3) is 0.324. The molecular formula is C37H39NO5S2. The fourth-order valence-electron chi connectivity index (χ4n) is 5.33. The minimum atomic E-state index is -0.444. The molecule has 4 aromatic rings. The minimum absolute atomic E-state index is 0.349. The highest BCUT2D eigenvalue weighted by atomic mass is 32.2. The van der Waals surface area contributed by atoms with Crippen LogP contribution in [-0.2, 0) is 50.1 Å². The van der Waals surface area contributed by atoms with Crippen LogP contribution in [0.25, 0.3) is 0 Å². The second kappa shape index (κ2) is 17.1. The SMILES string of the molecule is c1ccc(COCC2OC(SC3=NCCS3)C(OCc3ccccc3)C(OCc3ccccc3)C2OCc2ccccc2)cc1. The molecule has 0 amide bonds. The molecule has 6 nitrogen and oxygen atoms in total. The third-order valence-corrected chi connectivity index (χ3v) is 9.96. The highest BCUT2D eigenvalue weighted by Gasteiger charge is 2.49. The van der Waals surface area contributed by atoms with Crippen LogP contribution in [0.15, 0.2) is 126 Å². The van der Waals surface area contributed by atoms with E-state index in [1.54, 1.807) is 23.5 Å². The van der Waals surface area contributed by atoms with Gasteiger partial charge in [0, 0.05) is 5.75 Å². The van der Waals surface area contributed by atoms with Crippen LogP contribution in [0.5, 0.6) is 0 Å². The Bertz CT molecular complexity index is 1450. The van der Waals surface area contributed by atoms with Crippen LogP contribution < -0.4 is 0 Å². The van der Waals surface area contributed by atoms with Crippen molar-refractivity contribution in [2.45, 2.75) is 56.3 Å². The van der Waals surface area contributed by atoms with Crippen molar-refractivity contribution >= 4 is 27.9 Å². The van der Waals surface area contributed by atoms with Crippen LogP contribution in [0, 0.1) is 0 Å². The lowest BCUT2D eigenvalue weighted by atomic mass is 9.98. The molecule has 2 aliphatic rings. The molecule has 234 valence electrons. The summed E-state index contributed by atoms with van der Waals surface area (Å²) in [7, 11) is 0. The summed E-state index contributed by atoms with van der Waals surface area (Å²) in [5.74, 6) is 0.977. The largest absolute Gasteiger partial charge is 0.374 e. The molecule has 2 heterocycles. The normalized spacial score (nSPS) is 23.1. The molecule has 5 atom stereocenters. The number of nitrogens with zero attached hydrogens (tertiary/aromatic N) is 1. The summed E-state index contributed by atoms with van der Waals surface area (Å²) in [6.45, 7) is 2.91. The number of rotatable bonds is 14. The van der Waals surface area contributed by atoms with Gasteiger partial charge in [-0.15, -0.1) is 0 Å². The molecule has 0 radical (unpaired) electrons. The predicted molar refractivity (Wildman–Crippen MR) is 182 cm³/mol. The highest BCUT2D eigenvalue weighted by Crippen LogP contribution is 2.38. The van der Waals surface area contributed by atoms with E-state index < -0.39 is 18.3 Å². The van der Waals surface area contributed by atoms with E-state index in [4.69, 9.17) is 28.7 Å². The van der Waals surface area contributed by atoms with E-state index in [0.29, 0.717) is 33.0 Å². The second-order valence-electron chi connectivity index (χ2n) is 10.9. The van der Waals surface area contributed by atoms with Gasteiger partial charge in [0.1, 0.15) is 34.2 Å². The summed E-state index contributed by atoms with van der Waals surface area (Å²) in [4.78, 5) is 4.73. The third-order valence-electron chi connectivity index (χ3n) is 7.62. The molecule has 45 heavy (non-hydrogen) atoms. The first kappa shape index (κ1) is 32.0. The van der Waals surface area contributed by atoms with Gasteiger partial charge in [0.05, 0.1) is 39.6 Å². The Balaban J connectivity index is 1.29.